The number of rotatable bonds is 2. The first-order valence-corrected chi connectivity index (χ1v) is 12.1. The number of aromatic nitrogens is 2. The minimum absolute atomic E-state index is 0.00586. The molecule has 7 rings (SSSR count). The van der Waals surface area contributed by atoms with Gasteiger partial charge in [-0.3, -0.25) is 4.79 Å². The van der Waals surface area contributed by atoms with Gasteiger partial charge in [-0.1, -0.05) is 44.2 Å². The summed E-state index contributed by atoms with van der Waals surface area (Å²) in [5, 5.41) is 6.62. The molecule has 1 unspecified atom stereocenters. The highest BCUT2D eigenvalue weighted by molar-refractivity contribution is 5.82. The minimum Gasteiger partial charge on any atom is -0.469 e. The maximum absolute atomic E-state index is 13.1. The molecule has 5 heterocycles. The first-order valence-electron chi connectivity index (χ1n) is 12.1. The van der Waals surface area contributed by atoms with Gasteiger partial charge in [0.1, 0.15) is 17.2 Å². The molecule has 0 radical (unpaired) electrons. The second-order valence-corrected chi connectivity index (χ2v) is 9.96. The summed E-state index contributed by atoms with van der Waals surface area (Å²) in [5.41, 5.74) is 9.88. The SMILES string of the molecule is CC(C)[C@@H]1NC(=O)[C@@H](N)Cc2ccc3c(c2)[C@@]2(c4ccccc4NC2O3)c2oc1nc2-c1cnco1. The van der Waals surface area contributed by atoms with Crippen LogP contribution in [0.15, 0.2) is 63.9 Å². The number of carbonyl (C=O) groups is 1. The molecule has 0 saturated carbocycles. The van der Waals surface area contributed by atoms with Crippen molar-refractivity contribution in [3.05, 3.63) is 83.4 Å². The van der Waals surface area contributed by atoms with Crippen LogP contribution in [0, 0.1) is 5.92 Å². The molecule has 1 spiro atoms. The lowest BCUT2D eigenvalue weighted by Crippen LogP contribution is -2.45. The number of hydrogen-bond donors (Lipinski definition) is 3. The predicted molar refractivity (Wildman–Crippen MR) is 130 cm³/mol. The number of ether oxygens (including phenoxy) is 1. The molecule has 9 nitrogen and oxygen atoms in total. The van der Waals surface area contributed by atoms with Crippen molar-refractivity contribution in [1.29, 1.82) is 0 Å². The zero-order chi connectivity index (χ0) is 24.6. The minimum atomic E-state index is -0.843. The van der Waals surface area contributed by atoms with Gasteiger partial charge in [0.15, 0.2) is 29.8 Å². The molecule has 0 aliphatic carbocycles. The summed E-state index contributed by atoms with van der Waals surface area (Å²) in [6.45, 7) is 4.01. The van der Waals surface area contributed by atoms with E-state index >= 15 is 0 Å². The van der Waals surface area contributed by atoms with Gasteiger partial charge in [0, 0.05) is 11.3 Å². The fraction of sp³-hybridized carbons (Fsp3) is 0.296. The number of benzene rings is 2. The number of amides is 1. The Morgan fingerprint density at radius 2 is 2.00 bits per heavy atom. The number of nitrogens with two attached hydrogens (primary N) is 1. The predicted octanol–water partition coefficient (Wildman–Crippen LogP) is 3.50. The van der Waals surface area contributed by atoms with Gasteiger partial charge in [0.2, 0.25) is 11.8 Å². The number of carbonyl (C=O) groups excluding carboxylic acids is 1. The van der Waals surface area contributed by atoms with Crippen LogP contribution >= 0.6 is 0 Å². The van der Waals surface area contributed by atoms with Gasteiger partial charge in [-0.15, -0.1) is 0 Å². The molecule has 3 aliphatic rings. The van der Waals surface area contributed by atoms with Gasteiger partial charge in [0.25, 0.3) is 0 Å². The fourth-order valence-electron chi connectivity index (χ4n) is 5.71. The Balaban J connectivity index is 1.59. The number of anilines is 1. The van der Waals surface area contributed by atoms with E-state index in [0.29, 0.717) is 29.5 Å². The van der Waals surface area contributed by atoms with Gasteiger partial charge in [-0.05, 0) is 35.6 Å². The average molecular weight is 484 g/mol. The van der Waals surface area contributed by atoms with Gasteiger partial charge in [-0.25, -0.2) is 9.97 Å². The van der Waals surface area contributed by atoms with Crippen LogP contribution in [-0.2, 0) is 16.6 Å². The molecule has 1 amide bonds. The van der Waals surface area contributed by atoms with Crippen LogP contribution < -0.4 is 21.1 Å². The number of nitrogens with one attached hydrogen (secondary N) is 2. The van der Waals surface area contributed by atoms with Crippen molar-refractivity contribution in [2.45, 2.75) is 44.0 Å². The molecule has 3 aliphatic heterocycles. The summed E-state index contributed by atoms with van der Waals surface area (Å²) in [5.74, 6) is 1.92. The Kier molecular flexibility index (Phi) is 4.38. The molecular formula is C27H25N5O4. The Hall–Kier alpha value is -4.11. The largest absolute Gasteiger partial charge is 0.469 e. The van der Waals surface area contributed by atoms with Crippen LogP contribution in [0.3, 0.4) is 0 Å². The Bertz CT molecular complexity index is 1490. The lowest BCUT2D eigenvalue weighted by molar-refractivity contribution is -0.123. The molecule has 182 valence electrons. The first kappa shape index (κ1) is 21.2. The number of nitrogens with zero attached hydrogens (tertiary/aromatic N) is 2. The van der Waals surface area contributed by atoms with Crippen LogP contribution in [0.5, 0.6) is 5.75 Å². The van der Waals surface area contributed by atoms with Crippen LogP contribution in [0.25, 0.3) is 11.5 Å². The summed E-state index contributed by atoms with van der Waals surface area (Å²) >= 11 is 0. The topological polar surface area (TPSA) is 128 Å². The summed E-state index contributed by atoms with van der Waals surface area (Å²) in [7, 11) is 0. The van der Waals surface area contributed by atoms with Gasteiger partial charge in [-0.2, -0.15) is 0 Å². The van der Waals surface area contributed by atoms with E-state index in [1.54, 1.807) is 6.20 Å². The highest BCUT2D eigenvalue weighted by atomic mass is 16.5. The van der Waals surface area contributed by atoms with Gasteiger partial charge < -0.3 is 29.9 Å². The Labute approximate surface area is 207 Å². The molecule has 4 atom stereocenters. The number of fused-ring (bicyclic) bond motifs is 4. The Morgan fingerprint density at radius 1 is 1.14 bits per heavy atom. The van der Waals surface area contributed by atoms with E-state index in [9.17, 15) is 4.79 Å². The van der Waals surface area contributed by atoms with Crippen LogP contribution in [0.2, 0.25) is 0 Å². The monoisotopic (exact) mass is 483 g/mol. The van der Waals surface area contributed by atoms with Gasteiger partial charge in [0.05, 0.1) is 12.2 Å². The molecule has 2 aromatic heterocycles. The molecule has 4 aromatic rings. The number of hydrogen-bond acceptors (Lipinski definition) is 8. The number of para-hydroxylation sites is 1. The highest BCUT2D eigenvalue weighted by Crippen LogP contribution is 2.59. The average Bonchev–Trinajstić information content (AvgIpc) is 3.63. The quantitative estimate of drug-likeness (QED) is 0.395. The van der Waals surface area contributed by atoms with Crippen LogP contribution in [0.4, 0.5) is 5.69 Å². The summed E-state index contributed by atoms with van der Waals surface area (Å²) in [6, 6.07) is 12.9. The highest BCUT2D eigenvalue weighted by Gasteiger charge is 2.61. The summed E-state index contributed by atoms with van der Waals surface area (Å²) < 4.78 is 18.9. The first-order chi connectivity index (χ1) is 17.5. The van der Waals surface area contributed by atoms with Crippen molar-refractivity contribution >= 4 is 11.6 Å². The Morgan fingerprint density at radius 3 is 2.81 bits per heavy atom. The third-order valence-electron chi connectivity index (χ3n) is 7.44. The molecule has 9 heteroatoms. The van der Waals surface area contributed by atoms with Crippen molar-refractivity contribution in [2.75, 3.05) is 5.32 Å². The van der Waals surface area contributed by atoms with E-state index in [2.05, 4.69) is 27.8 Å². The molecule has 2 aromatic carbocycles. The van der Waals surface area contributed by atoms with Gasteiger partial charge >= 0.3 is 0 Å². The lowest BCUT2D eigenvalue weighted by atomic mass is 9.72. The van der Waals surface area contributed by atoms with Crippen LogP contribution in [0.1, 0.15) is 48.2 Å². The maximum atomic E-state index is 13.1. The van der Waals surface area contributed by atoms with E-state index in [-0.39, 0.29) is 11.8 Å². The van der Waals surface area contributed by atoms with E-state index < -0.39 is 23.7 Å². The third kappa shape index (κ3) is 2.77. The fourth-order valence-corrected chi connectivity index (χ4v) is 5.71. The van der Waals surface area contributed by atoms with Crippen molar-refractivity contribution in [3.8, 4) is 17.2 Å². The molecule has 0 fully saturated rings. The van der Waals surface area contributed by atoms with E-state index in [1.165, 1.54) is 6.39 Å². The second kappa shape index (κ2) is 7.44. The standard InChI is InChI=1S/C27H25N5O4/c1-13(2)21-25-32-22(20-11-29-12-34-20)23(36-25)27-15-5-3-4-6-18(15)30-26(27)35-19-8-7-14(9-16(19)27)10-17(28)24(33)31-21/h3-9,11-13,17,21,26,30H,10,28H2,1-2H3,(H,31,33)/t17-,21-,26?,27-/m0/s1. The molecule has 4 bridgehead atoms. The molecule has 4 N–H and O–H groups in total. The van der Waals surface area contributed by atoms with Crippen LogP contribution in [-0.4, -0.2) is 28.1 Å². The van der Waals surface area contributed by atoms with Crippen molar-refractivity contribution in [1.82, 2.24) is 15.3 Å². The maximum Gasteiger partial charge on any atom is 0.237 e. The molecule has 0 saturated heterocycles. The molecular weight excluding hydrogens is 458 g/mol. The van der Waals surface area contributed by atoms with E-state index in [4.69, 9.17) is 24.3 Å². The second-order valence-electron chi connectivity index (χ2n) is 9.96. The number of oxazole rings is 2. The zero-order valence-corrected chi connectivity index (χ0v) is 19.8. The smallest absolute Gasteiger partial charge is 0.237 e. The molecule has 36 heavy (non-hydrogen) atoms. The lowest BCUT2D eigenvalue weighted by Gasteiger charge is -2.28. The van der Waals surface area contributed by atoms with Crippen molar-refractivity contribution < 1.29 is 18.4 Å². The summed E-state index contributed by atoms with van der Waals surface area (Å²) in [4.78, 5) is 22.1. The van der Waals surface area contributed by atoms with E-state index in [0.717, 1.165) is 28.1 Å². The van der Waals surface area contributed by atoms with E-state index in [1.807, 2.05) is 44.2 Å². The zero-order valence-electron chi connectivity index (χ0n) is 19.8. The summed E-state index contributed by atoms with van der Waals surface area (Å²) in [6.07, 6.45) is 2.91. The van der Waals surface area contributed by atoms with Crippen molar-refractivity contribution in [2.24, 2.45) is 11.7 Å². The van der Waals surface area contributed by atoms with Crippen molar-refractivity contribution in [3.63, 3.8) is 0 Å². The third-order valence-corrected chi connectivity index (χ3v) is 7.44. The normalized spacial score (nSPS) is 25.8.